The van der Waals surface area contributed by atoms with Crippen LogP contribution in [0.25, 0.3) is 0 Å². The second-order valence-corrected chi connectivity index (χ2v) is 10.3. The summed E-state index contributed by atoms with van der Waals surface area (Å²) in [5.41, 5.74) is -13.5. The highest BCUT2D eigenvalue weighted by Crippen LogP contribution is 2.54. The van der Waals surface area contributed by atoms with Crippen LogP contribution in [0.4, 0.5) is 59.7 Å². The van der Waals surface area contributed by atoms with Crippen molar-refractivity contribution in [3.05, 3.63) is 93.8 Å². The molecule has 1 fully saturated rings. The van der Waals surface area contributed by atoms with Crippen LogP contribution in [0.3, 0.4) is 0 Å². The Bertz CT molecular complexity index is 1550. The van der Waals surface area contributed by atoms with Crippen LogP contribution in [0.1, 0.15) is 44.7 Å². The molecule has 0 spiro atoms. The molecule has 2 amide bonds. The van der Waals surface area contributed by atoms with Gasteiger partial charge in [0.2, 0.25) is 0 Å². The van der Waals surface area contributed by atoms with E-state index < -0.39 is 76.0 Å². The van der Waals surface area contributed by atoms with Crippen LogP contribution < -0.4 is 10.2 Å². The van der Waals surface area contributed by atoms with Gasteiger partial charge in [-0.1, -0.05) is 23.7 Å². The third-order valence-corrected chi connectivity index (χ3v) is 6.99. The molecule has 0 atom stereocenters. The maximum absolute atomic E-state index is 15.7. The van der Waals surface area contributed by atoms with Gasteiger partial charge in [-0.25, -0.2) is 8.78 Å². The molecule has 4 nitrogen and oxygen atoms in total. The maximum atomic E-state index is 15.7. The van der Waals surface area contributed by atoms with E-state index in [9.17, 15) is 53.5 Å². The van der Waals surface area contributed by atoms with E-state index in [0.29, 0.717) is 17.9 Å². The van der Waals surface area contributed by atoms with E-state index in [0.717, 1.165) is 23.1 Å². The van der Waals surface area contributed by atoms with Crippen LogP contribution in [0.5, 0.6) is 0 Å². The molecule has 1 N–H and O–H groups in total. The van der Waals surface area contributed by atoms with Crippen molar-refractivity contribution in [1.29, 1.82) is 0 Å². The molecule has 4 rings (SSSR count). The fourth-order valence-corrected chi connectivity index (χ4v) is 4.41. The predicted octanol–water partition coefficient (Wildman–Crippen LogP) is 9.10. The maximum Gasteiger partial charge on any atom is 0.435 e. The first-order valence-electron chi connectivity index (χ1n) is 12.5. The largest absolute Gasteiger partial charge is 0.435 e. The summed E-state index contributed by atoms with van der Waals surface area (Å²) in [6.07, 6.45) is -17.7. The van der Waals surface area contributed by atoms with E-state index in [-0.39, 0.29) is 30.2 Å². The average Bonchev–Trinajstić information content (AvgIpc) is 3.74. The van der Waals surface area contributed by atoms with Crippen molar-refractivity contribution in [1.82, 2.24) is 0 Å². The summed E-state index contributed by atoms with van der Waals surface area (Å²) in [6.45, 7) is 0.0204. The first-order valence-corrected chi connectivity index (χ1v) is 12.8. The Morgan fingerprint density at radius 1 is 0.841 bits per heavy atom. The molecule has 0 heterocycles. The number of benzene rings is 3. The lowest BCUT2D eigenvalue weighted by Crippen LogP contribution is -2.50. The van der Waals surface area contributed by atoms with Gasteiger partial charge in [0.15, 0.2) is 5.82 Å². The Morgan fingerprint density at radius 2 is 1.43 bits per heavy atom. The SMILES string of the molecule is O=C(Nc1ccc(C(F)(C(F)(F)F)C(F)(F)F)cc1C(F)(F)F)c1cccc(N(CC2CC2)C(=O)c2ccc(Cl)cc2)c1F. The highest BCUT2D eigenvalue weighted by atomic mass is 35.5. The summed E-state index contributed by atoms with van der Waals surface area (Å²) >= 11 is 5.85. The van der Waals surface area contributed by atoms with Gasteiger partial charge in [0.25, 0.3) is 11.8 Å². The second kappa shape index (κ2) is 11.6. The molecule has 236 valence electrons. The minimum Gasteiger partial charge on any atom is -0.321 e. The number of amides is 2. The quantitative estimate of drug-likeness (QED) is 0.258. The molecule has 3 aromatic carbocycles. The number of hydrogen-bond donors (Lipinski definition) is 1. The molecule has 0 aliphatic heterocycles. The van der Waals surface area contributed by atoms with E-state index in [4.69, 9.17) is 11.6 Å². The molecule has 0 saturated heterocycles. The van der Waals surface area contributed by atoms with Gasteiger partial charge >= 0.3 is 24.2 Å². The summed E-state index contributed by atoms with van der Waals surface area (Å²) in [6, 6.07) is 7.66. The molecular formula is C28H18ClF11N2O2. The summed E-state index contributed by atoms with van der Waals surface area (Å²) in [5, 5.41) is 1.92. The van der Waals surface area contributed by atoms with Gasteiger partial charge in [-0.15, -0.1) is 0 Å². The van der Waals surface area contributed by atoms with Gasteiger partial charge in [0.1, 0.15) is 0 Å². The lowest BCUT2D eigenvalue weighted by Gasteiger charge is -2.31. The van der Waals surface area contributed by atoms with Crippen molar-refractivity contribution < 1.29 is 57.9 Å². The van der Waals surface area contributed by atoms with Gasteiger partial charge < -0.3 is 10.2 Å². The van der Waals surface area contributed by atoms with E-state index in [1.54, 1.807) is 5.32 Å². The molecule has 1 aliphatic rings. The number of nitrogens with zero attached hydrogens (tertiary/aromatic N) is 1. The predicted molar refractivity (Wildman–Crippen MR) is 137 cm³/mol. The highest BCUT2D eigenvalue weighted by molar-refractivity contribution is 6.30. The minimum absolute atomic E-state index is 0.00686. The van der Waals surface area contributed by atoms with Crippen LogP contribution >= 0.6 is 11.6 Å². The Labute approximate surface area is 246 Å². The Balaban J connectivity index is 1.72. The van der Waals surface area contributed by atoms with Gasteiger partial charge in [-0.05, 0) is 67.3 Å². The number of rotatable bonds is 7. The smallest absolute Gasteiger partial charge is 0.321 e. The Hall–Kier alpha value is -3.88. The number of nitrogens with one attached hydrogen (secondary N) is 1. The zero-order valence-corrected chi connectivity index (χ0v) is 22.5. The lowest BCUT2D eigenvalue weighted by molar-refractivity contribution is -0.348. The third-order valence-electron chi connectivity index (χ3n) is 6.74. The van der Waals surface area contributed by atoms with Crippen molar-refractivity contribution in [2.75, 3.05) is 16.8 Å². The van der Waals surface area contributed by atoms with Gasteiger partial charge in [-0.2, -0.15) is 39.5 Å². The molecule has 0 unspecified atom stereocenters. The van der Waals surface area contributed by atoms with Crippen molar-refractivity contribution in [3.63, 3.8) is 0 Å². The molecule has 16 heteroatoms. The van der Waals surface area contributed by atoms with E-state index >= 15 is 4.39 Å². The van der Waals surface area contributed by atoms with Crippen LogP contribution in [-0.4, -0.2) is 30.7 Å². The van der Waals surface area contributed by atoms with E-state index in [1.165, 1.54) is 24.3 Å². The third kappa shape index (κ3) is 6.47. The van der Waals surface area contributed by atoms with Crippen molar-refractivity contribution in [2.45, 2.75) is 37.0 Å². The van der Waals surface area contributed by atoms with E-state index in [2.05, 4.69) is 0 Å². The number of halogens is 12. The van der Waals surface area contributed by atoms with Gasteiger partial charge in [0, 0.05) is 22.7 Å². The van der Waals surface area contributed by atoms with Crippen LogP contribution in [-0.2, 0) is 11.8 Å². The monoisotopic (exact) mass is 658 g/mol. The standard InChI is InChI=1S/C28H18ClF11N2O2/c29-17-9-6-15(7-10-17)24(44)42(13-14-4-5-14)21-3-1-2-18(22(21)30)23(43)41-20-11-8-16(12-19(20)26(32,33)34)25(31,27(35,36)37)28(38,39)40/h1-3,6-12,14H,4-5,13H2,(H,41,43). The molecule has 44 heavy (non-hydrogen) atoms. The number of carbonyl (C=O) groups is 2. The summed E-state index contributed by atoms with van der Waals surface area (Å²) in [5.74, 6) is -3.64. The second-order valence-electron chi connectivity index (χ2n) is 9.87. The zero-order chi connectivity index (χ0) is 32.8. The lowest BCUT2D eigenvalue weighted by atomic mass is 9.92. The number of carbonyl (C=O) groups excluding carboxylic acids is 2. The highest BCUT2D eigenvalue weighted by Gasteiger charge is 2.73. The average molecular weight is 659 g/mol. The first kappa shape index (κ1) is 33.0. The zero-order valence-electron chi connectivity index (χ0n) is 21.8. The van der Waals surface area contributed by atoms with Crippen molar-refractivity contribution >= 4 is 34.8 Å². The molecule has 0 radical (unpaired) electrons. The molecule has 0 bridgehead atoms. The molecule has 0 aromatic heterocycles. The van der Waals surface area contributed by atoms with Crippen molar-refractivity contribution in [2.24, 2.45) is 5.92 Å². The summed E-state index contributed by atoms with van der Waals surface area (Å²) in [7, 11) is 0. The fourth-order valence-electron chi connectivity index (χ4n) is 4.28. The van der Waals surface area contributed by atoms with Crippen LogP contribution in [0, 0.1) is 11.7 Å². The Kier molecular flexibility index (Phi) is 8.68. The minimum atomic E-state index is -6.70. The van der Waals surface area contributed by atoms with Gasteiger partial charge in [-0.3, -0.25) is 9.59 Å². The normalized spacial score (nSPS) is 14.4. The number of hydrogen-bond acceptors (Lipinski definition) is 2. The molecular weight excluding hydrogens is 641 g/mol. The first-order chi connectivity index (χ1) is 20.3. The fraction of sp³-hybridized carbons (Fsp3) is 0.286. The summed E-state index contributed by atoms with van der Waals surface area (Å²) in [4.78, 5) is 27.2. The molecule has 1 aliphatic carbocycles. The number of anilines is 2. The summed E-state index contributed by atoms with van der Waals surface area (Å²) < 4.78 is 150. The molecule has 3 aromatic rings. The van der Waals surface area contributed by atoms with E-state index in [1.807, 2.05) is 0 Å². The topological polar surface area (TPSA) is 49.4 Å². The van der Waals surface area contributed by atoms with Crippen LogP contribution in [0.15, 0.2) is 60.7 Å². The molecule has 1 saturated carbocycles. The number of alkyl halides is 10. The Morgan fingerprint density at radius 3 is 1.95 bits per heavy atom. The van der Waals surface area contributed by atoms with Crippen molar-refractivity contribution in [3.8, 4) is 0 Å². The van der Waals surface area contributed by atoms with Gasteiger partial charge in [0.05, 0.1) is 22.5 Å². The van der Waals surface area contributed by atoms with Crippen LogP contribution in [0.2, 0.25) is 5.02 Å².